The second-order valence-corrected chi connectivity index (χ2v) is 6.33. The van der Waals surface area contributed by atoms with Gasteiger partial charge in [-0.3, -0.25) is 9.78 Å². The van der Waals surface area contributed by atoms with Crippen molar-refractivity contribution in [1.82, 2.24) is 15.3 Å². The summed E-state index contributed by atoms with van der Waals surface area (Å²) < 4.78 is 5.60. The van der Waals surface area contributed by atoms with Crippen molar-refractivity contribution in [2.75, 3.05) is 18.0 Å². The number of hydrogen-bond donors (Lipinski definition) is 1. The van der Waals surface area contributed by atoms with E-state index in [-0.39, 0.29) is 24.0 Å². The maximum absolute atomic E-state index is 11.9. The smallest absolute Gasteiger partial charge is 0.234 e. The van der Waals surface area contributed by atoms with Gasteiger partial charge >= 0.3 is 0 Å². The third kappa shape index (κ3) is 4.58. The number of carbonyl (C=O) groups is 1. The topological polar surface area (TPSA) is 67.3 Å². The van der Waals surface area contributed by atoms with Crippen molar-refractivity contribution >= 4 is 11.7 Å². The van der Waals surface area contributed by atoms with E-state index in [1.807, 2.05) is 27.7 Å². The summed E-state index contributed by atoms with van der Waals surface area (Å²) in [4.78, 5) is 22.7. The van der Waals surface area contributed by atoms with Crippen LogP contribution in [0.5, 0.6) is 5.88 Å². The first-order valence-electron chi connectivity index (χ1n) is 7.99. The van der Waals surface area contributed by atoms with Gasteiger partial charge in [0.2, 0.25) is 11.8 Å². The first-order valence-corrected chi connectivity index (χ1v) is 7.99. The highest BCUT2D eigenvalue weighted by molar-refractivity contribution is 5.78. The van der Waals surface area contributed by atoms with E-state index in [9.17, 15) is 4.79 Å². The van der Waals surface area contributed by atoms with Gasteiger partial charge in [-0.2, -0.15) is 4.98 Å². The second-order valence-electron chi connectivity index (χ2n) is 6.33. The standard InChI is InChI=1S/C16H26N4O2/c1-11(2)16(21)18-13-6-5-7-20(10-13)14-8-17-9-15(19-14)22-12(3)4/h8-9,11-13H,5-7,10H2,1-4H3,(H,18,21). The van der Waals surface area contributed by atoms with Gasteiger partial charge in [0.05, 0.1) is 18.5 Å². The summed E-state index contributed by atoms with van der Waals surface area (Å²) in [5.41, 5.74) is 0. The van der Waals surface area contributed by atoms with Crippen LogP contribution in [0, 0.1) is 5.92 Å². The van der Waals surface area contributed by atoms with Crippen molar-refractivity contribution in [3.8, 4) is 5.88 Å². The quantitative estimate of drug-likeness (QED) is 0.901. The zero-order valence-electron chi connectivity index (χ0n) is 13.9. The van der Waals surface area contributed by atoms with Crippen molar-refractivity contribution in [2.24, 2.45) is 5.92 Å². The van der Waals surface area contributed by atoms with Crippen LogP contribution in [0.1, 0.15) is 40.5 Å². The minimum Gasteiger partial charge on any atom is -0.474 e. The van der Waals surface area contributed by atoms with Crippen molar-refractivity contribution in [3.63, 3.8) is 0 Å². The van der Waals surface area contributed by atoms with Crippen LogP contribution in [0.3, 0.4) is 0 Å². The number of piperidine rings is 1. The number of carbonyl (C=O) groups excluding carboxylic acids is 1. The summed E-state index contributed by atoms with van der Waals surface area (Å²) >= 11 is 0. The normalized spacial score (nSPS) is 18.6. The fraction of sp³-hybridized carbons (Fsp3) is 0.688. The van der Waals surface area contributed by atoms with Gasteiger partial charge in [0.25, 0.3) is 0 Å². The van der Waals surface area contributed by atoms with E-state index in [1.54, 1.807) is 12.4 Å². The van der Waals surface area contributed by atoms with Crippen LogP contribution < -0.4 is 15.0 Å². The van der Waals surface area contributed by atoms with E-state index < -0.39 is 0 Å². The van der Waals surface area contributed by atoms with Crippen LogP contribution in [0.4, 0.5) is 5.82 Å². The minimum absolute atomic E-state index is 0.0120. The third-order valence-electron chi connectivity index (χ3n) is 3.57. The molecule has 0 aromatic carbocycles. The maximum atomic E-state index is 11.9. The lowest BCUT2D eigenvalue weighted by atomic mass is 10.0. The molecular formula is C16H26N4O2. The molecule has 1 atom stereocenters. The Bertz CT molecular complexity index is 505. The zero-order chi connectivity index (χ0) is 16.1. The molecule has 22 heavy (non-hydrogen) atoms. The zero-order valence-corrected chi connectivity index (χ0v) is 13.9. The molecule has 1 amide bonds. The van der Waals surface area contributed by atoms with Gasteiger partial charge in [-0.25, -0.2) is 0 Å². The van der Waals surface area contributed by atoms with E-state index in [2.05, 4.69) is 20.2 Å². The van der Waals surface area contributed by atoms with Crippen molar-refractivity contribution in [2.45, 2.75) is 52.7 Å². The van der Waals surface area contributed by atoms with Crippen LogP contribution in [-0.4, -0.2) is 41.1 Å². The van der Waals surface area contributed by atoms with Crippen molar-refractivity contribution < 1.29 is 9.53 Å². The Morgan fingerprint density at radius 1 is 1.36 bits per heavy atom. The van der Waals surface area contributed by atoms with Crippen molar-refractivity contribution in [1.29, 1.82) is 0 Å². The van der Waals surface area contributed by atoms with Crippen LogP contribution in [0.15, 0.2) is 12.4 Å². The highest BCUT2D eigenvalue weighted by Crippen LogP contribution is 2.20. The molecular weight excluding hydrogens is 280 g/mol. The average molecular weight is 306 g/mol. The molecule has 0 saturated carbocycles. The molecule has 2 heterocycles. The van der Waals surface area contributed by atoms with E-state index in [4.69, 9.17) is 4.74 Å². The Balaban J connectivity index is 2.01. The number of aromatic nitrogens is 2. The first-order chi connectivity index (χ1) is 10.5. The lowest BCUT2D eigenvalue weighted by Crippen LogP contribution is -2.49. The van der Waals surface area contributed by atoms with Gasteiger partial charge in [-0.1, -0.05) is 13.8 Å². The lowest BCUT2D eigenvalue weighted by molar-refractivity contribution is -0.124. The molecule has 1 aliphatic rings. The Hall–Kier alpha value is -1.85. The Morgan fingerprint density at radius 2 is 2.14 bits per heavy atom. The molecule has 1 fully saturated rings. The van der Waals surface area contributed by atoms with Crippen LogP contribution in [-0.2, 0) is 4.79 Å². The first kappa shape index (κ1) is 16.5. The molecule has 6 heteroatoms. The van der Waals surface area contributed by atoms with Gasteiger partial charge in [-0.05, 0) is 26.7 Å². The third-order valence-corrected chi connectivity index (χ3v) is 3.57. The molecule has 1 N–H and O–H groups in total. The number of nitrogens with zero attached hydrogens (tertiary/aromatic N) is 3. The maximum Gasteiger partial charge on any atom is 0.234 e. The van der Waals surface area contributed by atoms with E-state index >= 15 is 0 Å². The molecule has 1 unspecified atom stereocenters. The van der Waals surface area contributed by atoms with Gasteiger partial charge < -0.3 is 15.0 Å². The molecule has 1 aromatic rings. The number of hydrogen-bond acceptors (Lipinski definition) is 5. The van der Waals surface area contributed by atoms with Crippen LogP contribution in [0.25, 0.3) is 0 Å². The lowest BCUT2D eigenvalue weighted by Gasteiger charge is -2.34. The summed E-state index contributed by atoms with van der Waals surface area (Å²) in [6, 6.07) is 0.167. The van der Waals surface area contributed by atoms with Crippen molar-refractivity contribution in [3.05, 3.63) is 12.4 Å². The van der Waals surface area contributed by atoms with E-state index in [0.29, 0.717) is 5.88 Å². The van der Waals surface area contributed by atoms with Gasteiger partial charge in [-0.15, -0.1) is 0 Å². The predicted molar refractivity (Wildman–Crippen MR) is 86.0 cm³/mol. The van der Waals surface area contributed by atoms with E-state index in [0.717, 1.165) is 31.7 Å². The predicted octanol–water partition coefficient (Wildman–Crippen LogP) is 2.00. The molecule has 1 aliphatic heterocycles. The largest absolute Gasteiger partial charge is 0.474 e. The summed E-state index contributed by atoms with van der Waals surface area (Å²) in [5.74, 6) is 1.47. The molecule has 6 nitrogen and oxygen atoms in total. The highest BCUT2D eigenvalue weighted by atomic mass is 16.5. The Kier molecular flexibility index (Phi) is 5.57. The molecule has 0 bridgehead atoms. The molecule has 0 spiro atoms. The molecule has 0 radical (unpaired) electrons. The highest BCUT2D eigenvalue weighted by Gasteiger charge is 2.23. The monoisotopic (exact) mass is 306 g/mol. The summed E-state index contributed by atoms with van der Waals surface area (Å²) in [6.07, 6.45) is 5.49. The van der Waals surface area contributed by atoms with E-state index in [1.165, 1.54) is 0 Å². The van der Waals surface area contributed by atoms with Gasteiger partial charge in [0.15, 0.2) is 5.82 Å². The fourth-order valence-corrected chi connectivity index (χ4v) is 2.46. The number of anilines is 1. The average Bonchev–Trinajstić information content (AvgIpc) is 2.47. The summed E-state index contributed by atoms with van der Waals surface area (Å²) in [6.45, 7) is 9.44. The molecule has 1 aromatic heterocycles. The number of amides is 1. The van der Waals surface area contributed by atoms with Crippen LogP contribution in [0.2, 0.25) is 0 Å². The van der Waals surface area contributed by atoms with Gasteiger partial charge in [0, 0.05) is 25.0 Å². The summed E-state index contributed by atoms with van der Waals surface area (Å²) in [7, 11) is 0. The molecule has 2 rings (SSSR count). The SMILES string of the molecule is CC(C)Oc1cncc(N2CCCC(NC(=O)C(C)C)C2)n1. The molecule has 122 valence electrons. The number of nitrogens with one attached hydrogen (secondary N) is 1. The summed E-state index contributed by atoms with van der Waals surface area (Å²) in [5, 5.41) is 3.10. The fourth-order valence-electron chi connectivity index (χ4n) is 2.46. The Morgan fingerprint density at radius 3 is 2.82 bits per heavy atom. The number of ether oxygens (including phenoxy) is 1. The second kappa shape index (κ2) is 7.42. The number of rotatable bonds is 5. The van der Waals surface area contributed by atoms with Gasteiger partial charge in [0.1, 0.15) is 0 Å². The molecule has 1 saturated heterocycles. The Labute approximate surface area is 132 Å². The minimum atomic E-state index is 0.0120. The van der Waals surface area contributed by atoms with Crippen LogP contribution >= 0.6 is 0 Å². The molecule has 0 aliphatic carbocycles.